The Morgan fingerprint density at radius 3 is 1.61 bits per heavy atom. The van der Waals surface area contributed by atoms with E-state index in [4.69, 9.17) is 9.47 Å². The summed E-state index contributed by atoms with van der Waals surface area (Å²) < 4.78 is 10.4. The maximum Gasteiger partial charge on any atom is 0.326 e. The number of ether oxygens (including phenoxy) is 2. The summed E-state index contributed by atoms with van der Waals surface area (Å²) >= 11 is 0. The van der Waals surface area contributed by atoms with Gasteiger partial charge in [-0.3, -0.25) is 28.8 Å². The third-order valence-electron chi connectivity index (χ3n) is 6.01. The first kappa shape index (κ1) is 40.2. The Bertz CT molecular complexity index is 1050. The average molecular weight is 631 g/mol. The Hall–Kier alpha value is -3.75. The molecule has 0 rings (SSSR count). The molecule has 0 aliphatic heterocycles. The molecule has 15 heteroatoms. The molecule has 0 aromatic rings. The van der Waals surface area contributed by atoms with Gasteiger partial charge in [0, 0.05) is 13.3 Å². The van der Waals surface area contributed by atoms with E-state index in [1.165, 1.54) is 6.92 Å². The topological polar surface area (TPSA) is 227 Å². The van der Waals surface area contributed by atoms with E-state index in [2.05, 4.69) is 21.3 Å². The molecular weight excluding hydrogens is 580 g/mol. The van der Waals surface area contributed by atoms with Crippen molar-refractivity contribution >= 4 is 41.5 Å². The summed E-state index contributed by atoms with van der Waals surface area (Å²) in [6, 6.07) is -5.91. The van der Waals surface area contributed by atoms with Gasteiger partial charge in [0.1, 0.15) is 35.4 Å². The lowest BCUT2D eigenvalue weighted by Crippen LogP contribution is -2.60. The molecule has 0 aromatic carbocycles. The molecule has 44 heavy (non-hydrogen) atoms. The Labute approximate surface area is 258 Å². The van der Waals surface area contributed by atoms with Gasteiger partial charge in [0.25, 0.3) is 0 Å². The molecule has 15 nitrogen and oxygen atoms in total. The average Bonchev–Trinajstić information content (AvgIpc) is 2.84. The first-order valence-corrected chi connectivity index (χ1v) is 14.5. The number of aliphatic carboxylic acids is 1. The minimum absolute atomic E-state index is 0.273. The van der Waals surface area contributed by atoms with Gasteiger partial charge in [0.2, 0.25) is 23.6 Å². The quantitative estimate of drug-likeness (QED) is 0.127. The van der Waals surface area contributed by atoms with Gasteiger partial charge in [-0.05, 0) is 60.8 Å². The standard InChI is InChI=1S/C29H50N4O11/c1-11-15(2)22(30-17(4)35)25(39)31-18(12-13-20(36)43-28(5,6)7)24(38)33-23(16(3)34)26(40)32-19(27(41)42)14-21(37)44-29(8,9)10/h15-16,18-19,22-23,34H,11-14H2,1-10H3,(H,30,35)(H,31,39)(H,32,40)(H,33,38)(H,41,42). The van der Waals surface area contributed by atoms with E-state index in [1.54, 1.807) is 55.4 Å². The third kappa shape index (κ3) is 16.2. The number of carboxylic acids is 1. The van der Waals surface area contributed by atoms with Crippen molar-refractivity contribution in [3.8, 4) is 0 Å². The van der Waals surface area contributed by atoms with E-state index in [9.17, 15) is 43.8 Å². The number of carboxylic acid groups (broad SMARTS) is 1. The van der Waals surface area contributed by atoms with Crippen molar-refractivity contribution in [3.63, 3.8) is 0 Å². The molecule has 6 unspecified atom stereocenters. The van der Waals surface area contributed by atoms with Gasteiger partial charge < -0.3 is 41.0 Å². The molecule has 6 atom stereocenters. The van der Waals surface area contributed by atoms with E-state index in [0.29, 0.717) is 6.42 Å². The number of aliphatic hydroxyl groups excluding tert-OH is 1. The van der Waals surface area contributed by atoms with Gasteiger partial charge >= 0.3 is 17.9 Å². The zero-order chi connectivity index (χ0) is 34.6. The van der Waals surface area contributed by atoms with Crippen molar-refractivity contribution in [3.05, 3.63) is 0 Å². The predicted molar refractivity (Wildman–Crippen MR) is 158 cm³/mol. The first-order valence-electron chi connectivity index (χ1n) is 14.5. The lowest BCUT2D eigenvalue weighted by atomic mass is 9.97. The van der Waals surface area contributed by atoms with Crippen LogP contribution >= 0.6 is 0 Å². The van der Waals surface area contributed by atoms with Crippen molar-refractivity contribution in [1.29, 1.82) is 0 Å². The summed E-state index contributed by atoms with van der Waals surface area (Å²) in [6.07, 6.45) is -2.36. The second-order valence-electron chi connectivity index (χ2n) is 12.7. The van der Waals surface area contributed by atoms with Crippen LogP contribution in [0.25, 0.3) is 0 Å². The highest BCUT2D eigenvalue weighted by Gasteiger charge is 2.35. The highest BCUT2D eigenvalue weighted by atomic mass is 16.6. The minimum atomic E-state index is -1.74. The Balaban J connectivity index is 6.04. The molecule has 6 N–H and O–H groups in total. The fourth-order valence-electron chi connectivity index (χ4n) is 3.78. The zero-order valence-corrected chi connectivity index (χ0v) is 27.4. The molecule has 0 heterocycles. The number of amides is 4. The number of hydrogen-bond acceptors (Lipinski definition) is 10. The SMILES string of the molecule is CCC(C)C(NC(C)=O)C(=O)NC(CCC(=O)OC(C)(C)C)C(=O)NC(C(=O)NC(CC(=O)OC(C)(C)C)C(=O)O)C(C)O. The Kier molecular flexibility index (Phi) is 16.0. The van der Waals surface area contributed by atoms with Crippen LogP contribution in [0.4, 0.5) is 0 Å². The molecule has 0 aliphatic carbocycles. The smallest absolute Gasteiger partial charge is 0.326 e. The zero-order valence-electron chi connectivity index (χ0n) is 27.4. The molecule has 0 fully saturated rings. The van der Waals surface area contributed by atoms with Crippen LogP contribution in [-0.4, -0.2) is 93.2 Å². The van der Waals surface area contributed by atoms with Crippen molar-refractivity contribution in [2.24, 2.45) is 5.92 Å². The molecule has 0 saturated heterocycles. The number of esters is 2. The van der Waals surface area contributed by atoms with Crippen molar-refractivity contribution in [1.82, 2.24) is 21.3 Å². The summed E-state index contributed by atoms with van der Waals surface area (Å²) in [5, 5.41) is 29.3. The van der Waals surface area contributed by atoms with E-state index in [1.807, 2.05) is 0 Å². The Morgan fingerprint density at radius 1 is 0.705 bits per heavy atom. The predicted octanol–water partition coefficient (Wildman–Crippen LogP) is 0.311. The number of carbonyl (C=O) groups excluding carboxylic acids is 6. The van der Waals surface area contributed by atoms with Crippen LogP contribution in [0.5, 0.6) is 0 Å². The van der Waals surface area contributed by atoms with Crippen LogP contribution in [0.1, 0.15) is 94.9 Å². The number of carbonyl (C=O) groups is 7. The normalized spacial score (nSPS) is 15.7. The van der Waals surface area contributed by atoms with Crippen LogP contribution in [0.2, 0.25) is 0 Å². The molecule has 252 valence electrons. The fourth-order valence-corrected chi connectivity index (χ4v) is 3.78. The molecule has 0 radical (unpaired) electrons. The second kappa shape index (κ2) is 17.5. The number of aliphatic hydroxyl groups is 1. The number of rotatable bonds is 16. The van der Waals surface area contributed by atoms with Gasteiger partial charge in [0.15, 0.2) is 0 Å². The molecular formula is C29H50N4O11. The molecule has 0 saturated carbocycles. The van der Waals surface area contributed by atoms with E-state index >= 15 is 0 Å². The maximum absolute atomic E-state index is 13.4. The van der Waals surface area contributed by atoms with Crippen LogP contribution in [0.3, 0.4) is 0 Å². The van der Waals surface area contributed by atoms with E-state index < -0.39 is 89.4 Å². The third-order valence-corrected chi connectivity index (χ3v) is 6.01. The monoisotopic (exact) mass is 630 g/mol. The molecule has 0 aromatic heterocycles. The first-order chi connectivity index (χ1) is 20.0. The van der Waals surface area contributed by atoms with Crippen molar-refractivity contribution in [2.45, 2.75) is 136 Å². The lowest BCUT2D eigenvalue weighted by molar-refractivity contribution is -0.159. The van der Waals surface area contributed by atoms with Crippen LogP contribution in [-0.2, 0) is 43.0 Å². The Morgan fingerprint density at radius 2 is 1.18 bits per heavy atom. The molecule has 0 bridgehead atoms. The van der Waals surface area contributed by atoms with Gasteiger partial charge in [-0.15, -0.1) is 0 Å². The highest BCUT2D eigenvalue weighted by Crippen LogP contribution is 2.13. The van der Waals surface area contributed by atoms with Crippen molar-refractivity contribution in [2.75, 3.05) is 0 Å². The summed E-state index contributed by atoms with van der Waals surface area (Å²) in [4.78, 5) is 87.6. The fraction of sp³-hybridized carbons (Fsp3) is 0.759. The van der Waals surface area contributed by atoms with Gasteiger partial charge in [-0.1, -0.05) is 20.3 Å². The summed E-state index contributed by atoms with van der Waals surface area (Å²) in [7, 11) is 0. The van der Waals surface area contributed by atoms with E-state index in [0.717, 1.165) is 6.92 Å². The summed E-state index contributed by atoms with van der Waals surface area (Å²) in [5.74, 6) is -6.77. The van der Waals surface area contributed by atoms with Gasteiger partial charge in [-0.2, -0.15) is 0 Å². The second-order valence-corrected chi connectivity index (χ2v) is 12.7. The largest absolute Gasteiger partial charge is 0.480 e. The maximum atomic E-state index is 13.4. The summed E-state index contributed by atoms with van der Waals surface area (Å²) in [5.41, 5.74) is -1.73. The van der Waals surface area contributed by atoms with Crippen molar-refractivity contribution < 1.29 is 53.2 Å². The number of nitrogens with one attached hydrogen (secondary N) is 4. The van der Waals surface area contributed by atoms with Gasteiger partial charge in [-0.25, -0.2) is 4.79 Å². The van der Waals surface area contributed by atoms with Crippen LogP contribution in [0.15, 0.2) is 0 Å². The molecule has 0 spiro atoms. The summed E-state index contributed by atoms with van der Waals surface area (Å²) in [6.45, 7) is 15.6. The highest BCUT2D eigenvalue weighted by molar-refractivity contribution is 5.95. The van der Waals surface area contributed by atoms with Crippen LogP contribution < -0.4 is 21.3 Å². The minimum Gasteiger partial charge on any atom is -0.480 e. The lowest BCUT2D eigenvalue weighted by Gasteiger charge is -2.28. The van der Waals surface area contributed by atoms with Gasteiger partial charge in [0.05, 0.1) is 12.5 Å². The van der Waals surface area contributed by atoms with Crippen LogP contribution in [0, 0.1) is 5.92 Å². The number of hydrogen-bond donors (Lipinski definition) is 6. The molecule has 4 amide bonds. The molecule has 0 aliphatic rings. The van der Waals surface area contributed by atoms with E-state index in [-0.39, 0.29) is 18.8 Å².